The summed E-state index contributed by atoms with van der Waals surface area (Å²) < 4.78 is 0. The van der Waals surface area contributed by atoms with Gasteiger partial charge in [-0.05, 0) is 27.9 Å². The molecular weight excluding hydrogens is 238 g/mol. The van der Waals surface area contributed by atoms with E-state index in [0.717, 1.165) is 18.2 Å². The number of aromatic carboxylic acids is 1. The number of carboxylic acid groups (broad SMARTS) is 1. The van der Waals surface area contributed by atoms with Gasteiger partial charge in [0.15, 0.2) is 5.13 Å². The van der Waals surface area contributed by atoms with E-state index in [1.807, 2.05) is 21.0 Å². The molecule has 0 aromatic carbocycles. The molecule has 0 radical (unpaired) electrons. The molecule has 1 aromatic heterocycles. The maximum Gasteiger partial charge on any atom is 0.347 e. The number of carboxylic acids is 1. The van der Waals surface area contributed by atoms with E-state index in [2.05, 4.69) is 21.7 Å². The van der Waals surface area contributed by atoms with Crippen molar-refractivity contribution in [3.63, 3.8) is 0 Å². The second kappa shape index (κ2) is 5.97. The van der Waals surface area contributed by atoms with Gasteiger partial charge in [-0.25, -0.2) is 9.78 Å². The lowest BCUT2D eigenvalue weighted by Gasteiger charge is -2.29. The van der Waals surface area contributed by atoms with Gasteiger partial charge < -0.3 is 14.9 Å². The van der Waals surface area contributed by atoms with Crippen LogP contribution in [0.1, 0.15) is 23.5 Å². The molecule has 0 saturated heterocycles. The highest BCUT2D eigenvalue weighted by molar-refractivity contribution is 7.17. The minimum Gasteiger partial charge on any atom is -0.477 e. The zero-order chi connectivity index (χ0) is 13.0. The maximum atomic E-state index is 10.8. The van der Waals surface area contributed by atoms with Gasteiger partial charge in [-0.3, -0.25) is 0 Å². The summed E-state index contributed by atoms with van der Waals surface area (Å²) in [5, 5.41) is 9.66. The van der Waals surface area contributed by atoms with Gasteiger partial charge in [0.25, 0.3) is 0 Å². The minimum atomic E-state index is -0.912. The Balaban J connectivity index is 2.81. The number of aromatic nitrogens is 1. The van der Waals surface area contributed by atoms with Crippen molar-refractivity contribution in [2.45, 2.75) is 19.9 Å². The predicted octanol–water partition coefficient (Wildman–Crippen LogP) is 1.62. The largest absolute Gasteiger partial charge is 0.477 e. The summed E-state index contributed by atoms with van der Waals surface area (Å²) in [5.41, 5.74) is 0. The third kappa shape index (κ3) is 3.67. The fraction of sp³-hybridized carbons (Fsp3) is 0.636. The van der Waals surface area contributed by atoms with E-state index in [0.29, 0.717) is 6.04 Å². The Morgan fingerprint density at radius 3 is 2.65 bits per heavy atom. The molecule has 5 nitrogen and oxygen atoms in total. The molecule has 0 saturated carbocycles. The molecule has 0 aliphatic rings. The molecule has 6 heteroatoms. The van der Waals surface area contributed by atoms with Gasteiger partial charge in [0.05, 0.1) is 6.20 Å². The SMILES string of the molecule is CCN(c1ncc(C(=O)O)s1)C(C)CN(C)C. The molecule has 1 aromatic rings. The molecule has 96 valence electrons. The van der Waals surface area contributed by atoms with Crippen LogP contribution in [0.15, 0.2) is 6.20 Å². The summed E-state index contributed by atoms with van der Waals surface area (Å²) >= 11 is 1.23. The van der Waals surface area contributed by atoms with E-state index in [1.54, 1.807) is 0 Å². The highest BCUT2D eigenvalue weighted by Gasteiger charge is 2.18. The second-order valence-corrected chi connectivity index (χ2v) is 5.22. The lowest BCUT2D eigenvalue weighted by molar-refractivity contribution is 0.0702. The van der Waals surface area contributed by atoms with Gasteiger partial charge in [-0.2, -0.15) is 0 Å². The number of hydrogen-bond acceptors (Lipinski definition) is 5. The van der Waals surface area contributed by atoms with E-state index in [-0.39, 0.29) is 4.88 Å². The maximum absolute atomic E-state index is 10.8. The fourth-order valence-electron chi connectivity index (χ4n) is 1.76. The van der Waals surface area contributed by atoms with Crippen molar-refractivity contribution in [2.24, 2.45) is 0 Å². The van der Waals surface area contributed by atoms with E-state index >= 15 is 0 Å². The van der Waals surface area contributed by atoms with Gasteiger partial charge in [0.1, 0.15) is 4.88 Å². The van der Waals surface area contributed by atoms with Crippen molar-refractivity contribution in [3.8, 4) is 0 Å². The third-order valence-corrected chi connectivity index (χ3v) is 3.47. The number of hydrogen-bond donors (Lipinski definition) is 1. The molecular formula is C11H19N3O2S. The molecule has 17 heavy (non-hydrogen) atoms. The summed E-state index contributed by atoms with van der Waals surface area (Å²) in [6.07, 6.45) is 1.42. The molecule has 0 aliphatic heterocycles. The molecule has 0 spiro atoms. The van der Waals surface area contributed by atoms with Gasteiger partial charge in [0, 0.05) is 19.1 Å². The van der Waals surface area contributed by atoms with Gasteiger partial charge >= 0.3 is 5.97 Å². The summed E-state index contributed by atoms with van der Waals surface area (Å²) in [5.74, 6) is -0.912. The van der Waals surface area contributed by atoms with Crippen LogP contribution in [0.3, 0.4) is 0 Å². The van der Waals surface area contributed by atoms with Crippen LogP contribution >= 0.6 is 11.3 Å². The zero-order valence-electron chi connectivity index (χ0n) is 10.7. The Kier molecular flexibility index (Phi) is 4.89. The van der Waals surface area contributed by atoms with Crippen molar-refractivity contribution in [2.75, 3.05) is 32.1 Å². The lowest BCUT2D eigenvalue weighted by atomic mass is 10.3. The Bertz CT molecular complexity index is 379. The molecule has 1 unspecified atom stereocenters. The number of nitrogens with zero attached hydrogens (tertiary/aromatic N) is 3. The van der Waals surface area contributed by atoms with Gasteiger partial charge in [0.2, 0.25) is 0 Å². The van der Waals surface area contributed by atoms with Crippen LogP contribution in [0.2, 0.25) is 0 Å². The molecule has 0 bridgehead atoms. The molecule has 1 rings (SSSR count). The van der Waals surface area contributed by atoms with Crippen LogP contribution < -0.4 is 4.90 Å². The average Bonchev–Trinajstić information content (AvgIpc) is 2.66. The van der Waals surface area contributed by atoms with Crippen molar-refractivity contribution in [3.05, 3.63) is 11.1 Å². The summed E-state index contributed by atoms with van der Waals surface area (Å²) in [6.45, 7) is 5.90. The van der Waals surface area contributed by atoms with Crippen LogP contribution in [-0.4, -0.2) is 54.2 Å². The molecule has 0 aliphatic carbocycles. The normalized spacial score (nSPS) is 12.8. The Morgan fingerprint density at radius 2 is 2.24 bits per heavy atom. The molecule has 1 heterocycles. The minimum absolute atomic E-state index is 0.288. The quantitative estimate of drug-likeness (QED) is 0.839. The fourth-order valence-corrected chi connectivity index (χ4v) is 2.68. The van der Waals surface area contributed by atoms with Gasteiger partial charge in [-0.1, -0.05) is 11.3 Å². The number of thiazole rings is 1. The average molecular weight is 257 g/mol. The molecule has 0 amide bonds. The van der Waals surface area contributed by atoms with Crippen LogP contribution in [0.5, 0.6) is 0 Å². The first-order chi connectivity index (χ1) is 7.95. The van der Waals surface area contributed by atoms with Crippen LogP contribution in [0, 0.1) is 0 Å². The molecule has 1 atom stereocenters. The highest BCUT2D eigenvalue weighted by Crippen LogP contribution is 2.24. The van der Waals surface area contributed by atoms with Crippen molar-refractivity contribution < 1.29 is 9.90 Å². The van der Waals surface area contributed by atoms with Crippen LogP contribution in [-0.2, 0) is 0 Å². The number of carbonyl (C=O) groups is 1. The number of likely N-dealkylation sites (N-methyl/N-ethyl adjacent to an activating group) is 2. The topological polar surface area (TPSA) is 56.7 Å². The van der Waals surface area contributed by atoms with Crippen LogP contribution in [0.4, 0.5) is 5.13 Å². The first-order valence-corrected chi connectivity index (χ1v) is 6.37. The molecule has 1 N–H and O–H groups in total. The number of rotatable bonds is 6. The van der Waals surface area contributed by atoms with E-state index in [9.17, 15) is 4.79 Å². The Hall–Kier alpha value is -1.14. The second-order valence-electron chi connectivity index (χ2n) is 4.21. The lowest BCUT2D eigenvalue weighted by Crippen LogP contribution is -2.40. The summed E-state index contributed by atoms with van der Waals surface area (Å²) in [4.78, 5) is 19.5. The summed E-state index contributed by atoms with van der Waals surface area (Å²) in [7, 11) is 4.05. The Morgan fingerprint density at radius 1 is 1.59 bits per heavy atom. The standard InChI is InChI=1S/C11H19N3O2S/c1-5-14(8(2)7-13(3)4)11-12-6-9(17-11)10(15)16/h6,8H,5,7H2,1-4H3,(H,15,16). The van der Waals surface area contributed by atoms with Gasteiger partial charge in [-0.15, -0.1) is 0 Å². The van der Waals surface area contributed by atoms with E-state index in [4.69, 9.17) is 5.11 Å². The van der Waals surface area contributed by atoms with Crippen molar-refractivity contribution in [1.29, 1.82) is 0 Å². The first kappa shape index (κ1) is 13.9. The smallest absolute Gasteiger partial charge is 0.347 e. The van der Waals surface area contributed by atoms with E-state index in [1.165, 1.54) is 17.5 Å². The van der Waals surface area contributed by atoms with E-state index < -0.39 is 5.97 Å². The highest BCUT2D eigenvalue weighted by atomic mass is 32.1. The third-order valence-electron chi connectivity index (χ3n) is 2.45. The van der Waals surface area contributed by atoms with Crippen molar-refractivity contribution in [1.82, 2.24) is 9.88 Å². The van der Waals surface area contributed by atoms with Crippen LogP contribution in [0.25, 0.3) is 0 Å². The Labute approximate surface area is 106 Å². The van der Waals surface area contributed by atoms with Crippen molar-refractivity contribution >= 4 is 22.4 Å². The zero-order valence-corrected chi connectivity index (χ0v) is 11.5. The number of anilines is 1. The first-order valence-electron chi connectivity index (χ1n) is 5.56. The monoisotopic (exact) mass is 257 g/mol. The summed E-state index contributed by atoms with van der Waals surface area (Å²) in [6, 6.07) is 0.308. The predicted molar refractivity (Wildman–Crippen MR) is 70.1 cm³/mol. The molecule has 0 fully saturated rings.